The van der Waals surface area contributed by atoms with Gasteiger partial charge in [-0.3, -0.25) is 4.79 Å². The quantitative estimate of drug-likeness (QED) is 0.757. The van der Waals surface area contributed by atoms with Gasteiger partial charge in [-0.2, -0.15) is 0 Å². The first-order valence-corrected chi connectivity index (χ1v) is 6.31. The van der Waals surface area contributed by atoms with E-state index in [2.05, 4.69) is 16.8 Å². The van der Waals surface area contributed by atoms with Crippen LogP contribution in [0.1, 0.15) is 25.7 Å². The van der Waals surface area contributed by atoms with Gasteiger partial charge in [-0.15, -0.1) is 11.8 Å². The number of Topliss-reactive ketones (excluding diaryl/α,β-unsaturated/α-hetero) is 1. The summed E-state index contributed by atoms with van der Waals surface area (Å²) < 4.78 is 0. The van der Waals surface area contributed by atoms with Gasteiger partial charge in [0.2, 0.25) is 0 Å². The zero-order valence-corrected chi connectivity index (χ0v) is 9.40. The van der Waals surface area contributed by atoms with Crippen LogP contribution in [-0.2, 0) is 4.79 Å². The molecule has 1 aliphatic carbocycles. The Labute approximate surface area is 89.5 Å². The zero-order chi connectivity index (χ0) is 10.0. The van der Waals surface area contributed by atoms with Crippen molar-refractivity contribution in [3.05, 3.63) is 11.5 Å². The molecule has 1 atom stereocenters. The Kier molecular flexibility index (Phi) is 2.98. The van der Waals surface area contributed by atoms with Crippen LogP contribution >= 0.6 is 11.8 Å². The second-order valence-electron chi connectivity index (χ2n) is 4.21. The molecular weight excluding hydrogens is 194 g/mol. The predicted octanol–water partition coefficient (Wildman–Crippen LogP) is 1.96. The summed E-state index contributed by atoms with van der Waals surface area (Å²) in [4.78, 5) is 11.2. The molecule has 1 aliphatic heterocycles. The van der Waals surface area contributed by atoms with Crippen LogP contribution in [0, 0.1) is 5.92 Å². The second kappa shape index (κ2) is 4.07. The molecule has 2 aliphatic rings. The van der Waals surface area contributed by atoms with E-state index in [0.717, 1.165) is 25.7 Å². The lowest BCUT2D eigenvalue weighted by Gasteiger charge is -2.40. The fraction of sp³-hybridized carbons (Fsp3) is 0.727. The number of nitrogens with one attached hydrogen (secondary N) is 1. The summed E-state index contributed by atoms with van der Waals surface area (Å²) in [6.07, 6.45) is 5.85. The van der Waals surface area contributed by atoms with Crippen LogP contribution in [0.25, 0.3) is 0 Å². The first-order chi connectivity index (χ1) is 6.77. The van der Waals surface area contributed by atoms with Crippen LogP contribution in [0.2, 0.25) is 0 Å². The lowest BCUT2D eigenvalue weighted by atomic mass is 9.73. The van der Waals surface area contributed by atoms with E-state index < -0.39 is 0 Å². The Bertz CT molecular complexity index is 252. The number of hydrogen-bond donors (Lipinski definition) is 1. The summed E-state index contributed by atoms with van der Waals surface area (Å²) in [6.45, 7) is 0. The van der Waals surface area contributed by atoms with E-state index in [1.54, 1.807) is 0 Å². The molecule has 78 valence electrons. The maximum atomic E-state index is 11.2. The van der Waals surface area contributed by atoms with Crippen LogP contribution in [0.4, 0.5) is 0 Å². The molecule has 1 saturated carbocycles. The smallest absolute Gasteiger partial charge is 0.133 e. The summed E-state index contributed by atoms with van der Waals surface area (Å²) in [7, 11) is 2.03. The van der Waals surface area contributed by atoms with Gasteiger partial charge in [-0.05, 0) is 25.3 Å². The molecule has 2 nitrogen and oxygen atoms in total. The molecule has 0 aromatic carbocycles. The van der Waals surface area contributed by atoms with Crippen molar-refractivity contribution in [1.29, 1.82) is 0 Å². The topological polar surface area (TPSA) is 29.1 Å². The number of rotatable bonds is 2. The molecule has 1 unspecified atom stereocenters. The van der Waals surface area contributed by atoms with Gasteiger partial charge in [0.15, 0.2) is 0 Å². The molecule has 0 spiro atoms. The van der Waals surface area contributed by atoms with E-state index >= 15 is 0 Å². The fourth-order valence-electron chi connectivity index (χ4n) is 2.49. The maximum absolute atomic E-state index is 11.2. The molecule has 0 amide bonds. The monoisotopic (exact) mass is 211 g/mol. The summed E-state index contributed by atoms with van der Waals surface area (Å²) >= 11 is 1.89. The van der Waals surface area contributed by atoms with Crippen molar-refractivity contribution in [2.24, 2.45) is 5.92 Å². The third kappa shape index (κ3) is 1.75. The molecule has 1 N–H and O–H groups in total. The zero-order valence-electron chi connectivity index (χ0n) is 8.58. The maximum Gasteiger partial charge on any atom is 0.133 e. The minimum absolute atomic E-state index is 0.202. The third-order valence-corrected chi connectivity index (χ3v) is 4.49. The van der Waals surface area contributed by atoms with Gasteiger partial charge in [0.25, 0.3) is 0 Å². The minimum atomic E-state index is 0.202. The highest BCUT2D eigenvalue weighted by Gasteiger charge is 2.39. The summed E-state index contributed by atoms with van der Waals surface area (Å²) in [5.74, 6) is 2.23. The Morgan fingerprint density at radius 2 is 2.21 bits per heavy atom. The molecule has 0 saturated heterocycles. The van der Waals surface area contributed by atoms with Gasteiger partial charge in [0, 0.05) is 30.1 Å². The van der Waals surface area contributed by atoms with Crippen LogP contribution in [0.3, 0.4) is 0 Å². The average molecular weight is 211 g/mol. The molecule has 1 heterocycles. The fourth-order valence-corrected chi connectivity index (χ4v) is 3.54. The first-order valence-electron chi connectivity index (χ1n) is 5.26. The number of hydrogen-bond acceptors (Lipinski definition) is 3. The SMILES string of the molecule is CNC1(C2C=CSC2)CCC(=O)CC1. The van der Waals surface area contributed by atoms with E-state index in [0.29, 0.717) is 11.7 Å². The van der Waals surface area contributed by atoms with E-state index in [9.17, 15) is 4.79 Å². The van der Waals surface area contributed by atoms with Gasteiger partial charge in [-0.1, -0.05) is 6.08 Å². The highest BCUT2D eigenvalue weighted by Crippen LogP contribution is 2.38. The van der Waals surface area contributed by atoms with Crippen LogP contribution < -0.4 is 5.32 Å². The van der Waals surface area contributed by atoms with Crippen LogP contribution in [0.5, 0.6) is 0 Å². The molecule has 3 heteroatoms. The highest BCUT2D eigenvalue weighted by molar-refractivity contribution is 8.02. The lowest BCUT2D eigenvalue weighted by Crippen LogP contribution is -2.51. The van der Waals surface area contributed by atoms with Gasteiger partial charge in [-0.25, -0.2) is 0 Å². The van der Waals surface area contributed by atoms with Gasteiger partial charge >= 0.3 is 0 Å². The van der Waals surface area contributed by atoms with Gasteiger partial charge in [0.1, 0.15) is 5.78 Å². The van der Waals surface area contributed by atoms with Gasteiger partial charge in [0.05, 0.1) is 0 Å². The Hall–Kier alpha value is -0.280. The summed E-state index contributed by atoms with van der Waals surface area (Å²) in [6, 6.07) is 0. The van der Waals surface area contributed by atoms with Crippen LogP contribution in [0.15, 0.2) is 11.5 Å². The van der Waals surface area contributed by atoms with Crippen molar-refractivity contribution in [1.82, 2.24) is 5.32 Å². The molecule has 0 aromatic heterocycles. The minimum Gasteiger partial charge on any atom is -0.314 e. The number of ketones is 1. The van der Waals surface area contributed by atoms with E-state index in [-0.39, 0.29) is 5.54 Å². The standard InChI is InChI=1S/C11H17NOS/c1-12-11(9-4-7-14-8-9)5-2-10(13)3-6-11/h4,7,9,12H,2-3,5-6,8H2,1H3. The van der Waals surface area contributed by atoms with E-state index in [1.165, 1.54) is 5.75 Å². The largest absolute Gasteiger partial charge is 0.314 e. The summed E-state index contributed by atoms with van der Waals surface area (Å²) in [5, 5.41) is 5.66. The van der Waals surface area contributed by atoms with Crippen molar-refractivity contribution in [3.63, 3.8) is 0 Å². The first kappa shape index (κ1) is 10.2. The number of carbonyl (C=O) groups is 1. The lowest BCUT2D eigenvalue weighted by molar-refractivity contribution is -0.121. The van der Waals surface area contributed by atoms with Gasteiger partial charge < -0.3 is 5.32 Å². The van der Waals surface area contributed by atoms with Crippen molar-refractivity contribution in [3.8, 4) is 0 Å². The second-order valence-corrected chi connectivity index (χ2v) is 5.15. The summed E-state index contributed by atoms with van der Waals surface area (Å²) in [5.41, 5.74) is 0.202. The normalized spacial score (nSPS) is 30.9. The molecule has 0 radical (unpaired) electrons. The molecular formula is C11H17NOS. The molecule has 1 fully saturated rings. The Morgan fingerprint density at radius 1 is 1.50 bits per heavy atom. The Morgan fingerprint density at radius 3 is 2.71 bits per heavy atom. The van der Waals surface area contributed by atoms with E-state index in [4.69, 9.17) is 0 Å². The average Bonchev–Trinajstić information content (AvgIpc) is 2.73. The molecule has 2 rings (SSSR count). The van der Waals surface area contributed by atoms with Crippen LogP contribution in [-0.4, -0.2) is 24.1 Å². The predicted molar refractivity (Wildman–Crippen MR) is 60.4 cm³/mol. The highest BCUT2D eigenvalue weighted by atomic mass is 32.2. The Balaban J connectivity index is 2.09. The number of carbonyl (C=O) groups excluding carboxylic acids is 1. The molecule has 14 heavy (non-hydrogen) atoms. The van der Waals surface area contributed by atoms with Crippen molar-refractivity contribution < 1.29 is 4.79 Å². The third-order valence-electron chi connectivity index (χ3n) is 3.59. The van der Waals surface area contributed by atoms with E-state index in [1.807, 2.05) is 18.8 Å². The number of thioether (sulfide) groups is 1. The van der Waals surface area contributed by atoms with Crippen molar-refractivity contribution >= 4 is 17.5 Å². The van der Waals surface area contributed by atoms with Crippen molar-refractivity contribution in [2.75, 3.05) is 12.8 Å². The van der Waals surface area contributed by atoms with Crippen molar-refractivity contribution in [2.45, 2.75) is 31.2 Å². The molecule has 0 aromatic rings. The molecule has 0 bridgehead atoms.